The summed E-state index contributed by atoms with van der Waals surface area (Å²) in [6.07, 6.45) is 3.42. The summed E-state index contributed by atoms with van der Waals surface area (Å²) in [4.78, 5) is 3.09. The van der Waals surface area contributed by atoms with Crippen LogP contribution in [0.25, 0.3) is 0 Å². The topological polar surface area (TPSA) is 149 Å². The molecule has 14 heteroatoms. The van der Waals surface area contributed by atoms with E-state index in [2.05, 4.69) is 121 Å². The zero-order chi connectivity index (χ0) is 33.1. The van der Waals surface area contributed by atoms with Gasteiger partial charge in [0.15, 0.2) is 11.6 Å². The van der Waals surface area contributed by atoms with E-state index in [1.807, 2.05) is 53.3 Å². The molecule has 0 saturated heterocycles. The minimum atomic E-state index is -0.0543. The number of aromatic nitrogens is 14. The molecule has 42 heavy (non-hydrogen) atoms. The van der Waals surface area contributed by atoms with E-state index < -0.39 is 0 Å². The summed E-state index contributed by atoms with van der Waals surface area (Å²) in [5.41, 5.74) is 2.67. The molecule has 14 nitrogen and oxygen atoms in total. The van der Waals surface area contributed by atoms with Crippen LogP contribution in [0, 0.1) is 26.2 Å². The Balaban J connectivity index is 0.000000514. The minimum Gasteiger partial charge on any atom is -0.256 e. The average molecular weight is 589 g/mol. The van der Waals surface area contributed by atoms with Crippen LogP contribution >= 0.6 is 0 Å². The summed E-state index contributed by atoms with van der Waals surface area (Å²) in [6, 6.07) is 0. The molecule has 0 aliphatic heterocycles. The quantitative estimate of drug-likeness (QED) is 0.281. The van der Waals surface area contributed by atoms with Gasteiger partial charge >= 0.3 is 0 Å². The van der Waals surface area contributed by atoms with Crippen molar-refractivity contribution in [2.75, 3.05) is 0 Å². The third-order valence-corrected chi connectivity index (χ3v) is 4.60. The van der Waals surface area contributed by atoms with Crippen LogP contribution in [0.2, 0.25) is 0 Å². The number of nitrogens with zero attached hydrogens (tertiary/aromatic N) is 14. The van der Waals surface area contributed by atoms with Crippen LogP contribution < -0.4 is 0 Å². The zero-order valence-corrected chi connectivity index (χ0v) is 29.4. The Morgan fingerprint density at radius 2 is 1.17 bits per heavy atom. The van der Waals surface area contributed by atoms with Gasteiger partial charge in [0.25, 0.3) is 0 Å². The maximum Gasteiger partial charge on any atom is 0.180 e. The highest BCUT2D eigenvalue weighted by Gasteiger charge is 2.19. The molecule has 0 atom stereocenters. The molecule has 0 saturated carbocycles. The van der Waals surface area contributed by atoms with Crippen molar-refractivity contribution in [1.82, 2.24) is 70.4 Å². The molecule has 238 valence electrons. The van der Waals surface area contributed by atoms with Crippen molar-refractivity contribution < 1.29 is 0 Å². The fourth-order valence-electron chi connectivity index (χ4n) is 2.46. The van der Waals surface area contributed by atoms with E-state index in [0.29, 0.717) is 5.41 Å². The number of hydrogen-bond acceptors (Lipinski definition) is 10. The summed E-state index contributed by atoms with van der Waals surface area (Å²) in [5, 5.41) is 38.6. The third-order valence-electron chi connectivity index (χ3n) is 4.60. The predicted molar refractivity (Wildman–Crippen MR) is 166 cm³/mol. The fourth-order valence-corrected chi connectivity index (χ4v) is 2.46. The van der Waals surface area contributed by atoms with Gasteiger partial charge in [0.1, 0.15) is 0 Å². The lowest BCUT2D eigenvalue weighted by atomic mass is 9.96. The Kier molecular flexibility index (Phi) is 14.3. The van der Waals surface area contributed by atoms with Crippen molar-refractivity contribution in [3.05, 3.63) is 35.4 Å². The lowest BCUT2D eigenvalue weighted by molar-refractivity contribution is 0.305. The van der Waals surface area contributed by atoms with E-state index in [1.165, 1.54) is 4.80 Å². The molecule has 4 aromatic rings. The van der Waals surface area contributed by atoms with Gasteiger partial charge in [-0.25, -0.2) is 4.68 Å². The van der Waals surface area contributed by atoms with Crippen LogP contribution in [0.1, 0.15) is 113 Å². The van der Waals surface area contributed by atoms with Gasteiger partial charge in [-0.05, 0) is 78.2 Å². The second-order valence-corrected chi connectivity index (χ2v) is 14.6. The van der Waals surface area contributed by atoms with Crippen molar-refractivity contribution in [1.29, 1.82) is 0 Å². The van der Waals surface area contributed by atoms with E-state index in [9.17, 15) is 0 Å². The lowest BCUT2D eigenvalue weighted by Crippen LogP contribution is -2.24. The van der Waals surface area contributed by atoms with E-state index in [4.69, 9.17) is 0 Å². The fraction of sp³-hybridized carbons (Fsp3) is 0.786. The standard InChI is InChI=1S/C8H15N3.2C6H12N4.C5H12.C3H5N3/c1-6-7(2)11(10-9-6)8(3,4)5;1-6(2,3)5-7-9-10(4)8-5;1-5-7-9-10(8-5)6(2,3)4;1-5(2,3)4;1-6-3-2-4-5-6/h1-5H3;2*1-4H3;1-4H3;2-3H,1H3. The van der Waals surface area contributed by atoms with Gasteiger partial charge in [0.2, 0.25) is 0 Å². The summed E-state index contributed by atoms with van der Waals surface area (Å²) in [7, 11) is 3.59. The van der Waals surface area contributed by atoms with Crippen LogP contribution in [-0.2, 0) is 30.6 Å². The highest BCUT2D eigenvalue weighted by atomic mass is 15.6. The molecule has 0 unspecified atom stereocenters. The normalized spacial score (nSPS) is 11.6. The Hall–Kier alpha value is -3.58. The van der Waals surface area contributed by atoms with Gasteiger partial charge in [0.05, 0.1) is 35.7 Å². The number of tetrazole rings is 2. The van der Waals surface area contributed by atoms with E-state index in [-0.39, 0.29) is 16.5 Å². The summed E-state index contributed by atoms with van der Waals surface area (Å²) in [6.45, 7) is 33.2. The van der Waals surface area contributed by atoms with Crippen molar-refractivity contribution >= 4 is 0 Å². The molecule has 0 aliphatic rings. The molecule has 0 radical (unpaired) electrons. The first-order chi connectivity index (χ1) is 18.8. The average Bonchev–Trinajstić information content (AvgIpc) is 3.58. The molecular formula is C28H56N14. The predicted octanol–water partition coefficient (Wildman–Crippen LogP) is 4.76. The van der Waals surface area contributed by atoms with E-state index >= 15 is 0 Å². The molecule has 0 bridgehead atoms. The second-order valence-electron chi connectivity index (χ2n) is 14.6. The Bertz CT molecular complexity index is 1210. The number of aryl methyl sites for hydroxylation is 4. The van der Waals surface area contributed by atoms with Gasteiger partial charge in [-0.15, -0.1) is 30.6 Å². The van der Waals surface area contributed by atoms with E-state index in [1.54, 1.807) is 28.9 Å². The first kappa shape index (κ1) is 38.4. The Labute approximate surface area is 252 Å². The molecule has 0 spiro atoms. The van der Waals surface area contributed by atoms with Gasteiger partial charge < -0.3 is 0 Å². The van der Waals surface area contributed by atoms with Gasteiger partial charge in [-0.1, -0.05) is 58.9 Å². The highest BCUT2D eigenvalue weighted by molar-refractivity contribution is 5.06. The molecule has 0 N–H and O–H groups in total. The molecule has 0 aliphatic carbocycles. The summed E-state index contributed by atoms with van der Waals surface area (Å²) in [5.74, 6) is 1.50. The van der Waals surface area contributed by atoms with Crippen molar-refractivity contribution in [2.24, 2.45) is 19.5 Å². The van der Waals surface area contributed by atoms with Crippen LogP contribution in [0.4, 0.5) is 0 Å². The van der Waals surface area contributed by atoms with Crippen LogP contribution in [0.3, 0.4) is 0 Å². The molecule has 4 rings (SSSR count). The SMILES string of the molecule is CC(C)(C)C.Cc1nnn(C(C)(C)C)c1C.Cc1nnn(C(C)(C)C)n1.Cn1ccnn1.Cn1nnc(C(C)(C)C)n1. The molecule has 0 amide bonds. The van der Waals surface area contributed by atoms with Crippen molar-refractivity contribution in [2.45, 2.75) is 127 Å². The van der Waals surface area contributed by atoms with Crippen LogP contribution in [0.15, 0.2) is 12.4 Å². The van der Waals surface area contributed by atoms with Crippen molar-refractivity contribution in [3.63, 3.8) is 0 Å². The molecule has 4 heterocycles. The first-order valence-corrected chi connectivity index (χ1v) is 14.0. The molecule has 4 aromatic heterocycles. The molecule has 0 aromatic carbocycles. The van der Waals surface area contributed by atoms with Crippen molar-refractivity contribution in [3.8, 4) is 0 Å². The largest absolute Gasteiger partial charge is 0.256 e. The number of rotatable bonds is 0. The Morgan fingerprint density at radius 1 is 0.619 bits per heavy atom. The molecular weight excluding hydrogens is 532 g/mol. The minimum absolute atomic E-state index is 0.00819. The second kappa shape index (κ2) is 15.6. The smallest absolute Gasteiger partial charge is 0.180 e. The highest BCUT2D eigenvalue weighted by Crippen LogP contribution is 2.16. The van der Waals surface area contributed by atoms with Gasteiger partial charge in [-0.2, -0.15) is 9.59 Å². The Morgan fingerprint density at radius 3 is 1.33 bits per heavy atom. The maximum atomic E-state index is 4.08. The number of hydrogen-bond donors (Lipinski definition) is 0. The van der Waals surface area contributed by atoms with E-state index in [0.717, 1.165) is 23.0 Å². The van der Waals surface area contributed by atoms with Crippen LogP contribution in [-0.4, -0.2) is 70.4 Å². The molecule has 0 fully saturated rings. The summed E-state index contributed by atoms with van der Waals surface area (Å²) < 4.78 is 3.59. The maximum absolute atomic E-state index is 4.08. The first-order valence-electron chi connectivity index (χ1n) is 14.0. The summed E-state index contributed by atoms with van der Waals surface area (Å²) >= 11 is 0. The van der Waals surface area contributed by atoms with Gasteiger partial charge in [-0.3, -0.25) is 4.68 Å². The lowest BCUT2D eigenvalue weighted by Gasteiger charge is -2.19. The van der Waals surface area contributed by atoms with Gasteiger partial charge in [0, 0.05) is 18.7 Å². The van der Waals surface area contributed by atoms with Crippen LogP contribution in [0.5, 0.6) is 0 Å². The third kappa shape index (κ3) is 16.6. The monoisotopic (exact) mass is 588 g/mol. The zero-order valence-electron chi connectivity index (χ0n) is 29.4.